The molecule has 0 fully saturated rings. The molecule has 0 aromatic heterocycles. The average molecular weight is 665 g/mol. The lowest BCUT2D eigenvalue weighted by Crippen LogP contribution is -1.98. The Morgan fingerprint density at radius 2 is 1.02 bits per heavy atom. The number of rotatable bonds is 7. The summed E-state index contributed by atoms with van der Waals surface area (Å²) in [7, 11) is 0. The topological polar surface area (TPSA) is 0 Å². The summed E-state index contributed by atoms with van der Waals surface area (Å²) in [6.07, 6.45) is 4.71. The normalized spacial score (nSPS) is 12.1. The lowest BCUT2D eigenvalue weighted by Gasteiger charge is -2.19. The van der Waals surface area contributed by atoms with Gasteiger partial charge in [-0.1, -0.05) is 192 Å². The van der Waals surface area contributed by atoms with Gasteiger partial charge < -0.3 is 0 Å². The van der Waals surface area contributed by atoms with E-state index in [1.54, 1.807) is 0 Å². The van der Waals surface area contributed by atoms with Gasteiger partial charge in [-0.05, 0) is 110 Å². The van der Waals surface area contributed by atoms with Crippen LogP contribution in [0.2, 0.25) is 0 Å². The summed E-state index contributed by atoms with van der Waals surface area (Å²) >= 11 is 0. The summed E-state index contributed by atoms with van der Waals surface area (Å²) in [5.41, 5.74) is 13.9. The number of hydrogen-bond donors (Lipinski definition) is 0. The summed E-state index contributed by atoms with van der Waals surface area (Å²) < 4.78 is 0. The molecule has 0 heteroatoms. The average Bonchev–Trinajstić information content (AvgIpc) is 3.19. The van der Waals surface area contributed by atoms with E-state index in [1.807, 2.05) is 27.7 Å². The highest BCUT2D eigenvalue weighted by molar-refractivity contribution is 5.98. The molecule has 1 atom stereocenters. The third-order valence-electron chi connectivity index (χ3n) is 9.59. The van der Waals surface area contributed by atoms with Gasteiger partial charge in [-0.15, -0.1) is 0 Å². The van der Waals surface area contributed by atoms with Crippen LogP contribution in [-0.2, 0) is 0 Å². The van der Waals surface area contributed by atoms with E-state index >= 15 is 0 Å². The molecule has 0 aliphatic heterocycles. The summed E-state index contributed by atoms with van der Waals surface area (Å²) in [4.78, 5) is 0. The number of fused-ring (bicyclic) bond motifs is 2. The fourth-order valence-electron chi connectivity index (χ4n) is 7.07. The molecule has 0 saturated heterocycles. The third-order valence-corrected chi connectivity index (χ3v) is 9.59. The largest absolute Gasteiger partial charge is 0.0792 e. The van der Waals surface area contributed by atoms with Gasteiger partial charge in [-0.2, -0.15) is 0 Å². The SMILES string of the molecule is C/C=C(/c1ccc(/C(=C/C(C)c2cccc3ccccc23)c2cc(-c3cccc4ccccc34)ccc2C)cc1)c1ccccc1C.CC.CC. The Morgan fingerprint density at radius 1 is 0.490 bits per heavy atom. The fraction of sp³-hybridized carbons (Fsp3) is 0.176. The molecule has 0 aliphatic rings. The molecule has 0 radical (unpaired) electrons. The highest BCUT2D eigenvalue weighted by atomic mass is 14.2. The Morgan fingerprint density at radius 3 is 1.69 bits per heavy atom. The molecule has 7 aromatic rings. The van der Waals surface area contributed by atoms with E-state index in [0.29, 0.717) is 0 Å². The number of benzene rings is 7. The second kappa shape index (κ2) is 17.5. The van der Waals surface area contributed by atoms with Crippen molar-refractivity contribution >= 4 is 32.7 Å². The van der Waals surface area contributed by atoms with Crippen molar-refractivity contribution in [2.24, 2.45) is 0 Å². The molecule has 0 saturated carbocycles. The van der Waals surface area contributed by atoms with Crippen molar-refractivity contribution in [3.8, 4) is 11.1 Å². The van der Waals surface area contributed by atoms with Gasteiger partial charge in [-0.3, -0.25) is 0 Å². The zero-order valence-electron chi connectivity index (χ0n) is 31.7. The van der Waals surface area contributed by atoms with E-state index in [9.17, 15) is 0 Å². The maximum absolute atomic E-state index is 2.48. The molecule has 0 heterocycles. The van der Waals surface area contributed by atoms with Crippen LogP contribution in [0.15, 0.2) is 164 Å². The minimum atomic E-state index is 0.203. The summed E-state index contributed by atoms with van der Waals surface area (Å²) in [5, 5.41) is 5.13. The Kier molecular flexibility index (Phi) is 12.6. The van der Waals surface area contributed by atoms with Crippen LogP contribution in [0.3, 0.4) is 0 Å². The quantitative estimate of drug-likeness (QED) is 0.159. The van der Waals surface area contributed by atoms with Crippen molar-refractivity contribution in [1.29, 1.82) is 0 Å². The molecule has 7 aromatic carbocycles. The van der Waals surface area contributed by atoms with Crippen molar-refractivity contribution in [2.75, 3.05) is 0 Å². The number of allylic oxidation sites excluding steroid dienone is 2. The molecule has 51 heavy (non-hydrogen) atoms. The van der Waals surface area contributed by atoms with Crippen LogP contribution in [0, 0.1) is 13.8 Å². The van der Waals surface area contributed by atoms with Gasteiger partial charge in [0.25, 0.3) is 0 Å². The van der Waals surface area contributed by atoms with Crippen LogP contribution in [0.25, 0.3) is 43.8 Å². The monoisotopic (exact) mass is 664 g/mol. The molecule has 1 unspecified atom stereocenters. The molecule has 7 rings (SSSR count). The summed E-state index contributed by atoms with van der Waals surface area (Å²) in [6, 6.07) is 55.5. The first-order valence-electron chi connectivity index (χ1n) is 18.6. The maximum atomic E-state index is 2.48. The van der Waals surface area contributed by atoms with Crippen LogP contribution in [-0.4, -0.2) is 0 Å². The van der Waals surface area contributed by atoms with E-state index in [2.05, 4.69) is 192 Å². The van der Waals surface area contributed by atoms with Crippen LogP contribution >= 0.6 is 0 Å². The zero-order valence-corrected chi connectivity index (χ0v) is 31.7. The molecule has 256 valence electrons. The van der Waals surface area contributed by atoms with Gasteiger partial charge in [0.2, 0.25) is 0 Å². The summed E-state index contributed by atoms with van der Waals surface area (Å²) in [6.45, 7) is 16.9. The lowest BCUT2D eigenvalue weighted by atomic mass is 9.85. The van der Waals surface area contributed by atoms with E-state index in [4.69, 9.17) is 0 Å². The Bertz CT molecular complexity index is 2270. The minimum Gasteiger partial charge on any atom is -0.0792 e. The van der Waals surface area contributed by atoms with E-state index in [0.717, 1.165) is 0 Å². The smallest absolute Gasteiger partial charge is 0.000513 e. The maximum Gasteiger partial charge on any atom is 0.000513 e. The van der Waals surface area contributed by atoms with Gasteiger partial charge in [0, 0.05) is 5.92 Å². The molecular weight excluding hydrogens is 613 g/mol. The van der Waals surface area contributed by atoms with Gasteiger partial charge in [-0.25, -0.2) is 0 Å². The molecule has 0 bridgehead atoms. The Hall–Kier alpha value is -5.46. The Labute approximate surface area is 306 Å². The number of aryl methyl sites for hydroxylation is 2. The van der Waals surface area contributed by atoms with E-state index < -0.39 is 0 Å². The molecule has 0 nitrogen and oxygen atoms in total. The van der Waals surface area contributed by atoms with Crippen LogP contribution in [0.1, 0.15) is 86.4 Å². The molecule has 0 aliphatic carbocycles. The molecular formula is C51H52. The van der Waals surface area contributed by atoms with Crippen molar-refractivity contribution in [3.05, 3.63) is 203 Å². The van der Waals surface area contributed by atoms with Gasteiger partial charge >= 0.3 is 0 Å². The molecule has 0 spiro atoms. The molecule has 0 amide bonds. The lowest BCUT2D eigenvalue weighted by molar-refractivity contribution is 0.981. The number of hydrogen-bond acceptors (Lipinski definition) is 0. The first-order valence-corrected chi connectivity index (χ1v) is 18.6. The first-order chi connectivity index (χ1) is 25.0. The predicted octanol–water partition coefficient (Wildman–Crippen LogP) is 15.0. The van der Waals surface area contributed by atoms with Crippen LogP contribution in [0.4, 0.5) is 0 Å². The van der Waals surface area contributed by atoms with E-state index in [1.165, 1.54) is 82.8 Å². The van der Waals surface area contributed by atoms with Crippen LogP contribution in [0.5, 0.6) is 0 Å². The van der Waals surface area contributed by atoms with Crippen molar-refractivity contribution in [2.45, 2.75) is 61.3 Å². The van der Waals surface area contributed by atoms with E-state index in [-0.39, 0.29) is 5.92 Å². The first kappa shape index (κ1) is 36.8. The minimum absolute atomic E-state index is 0.203. The van der Waals surface area contributed by atoms with Crippen molar-refractivity contribution in [3.63, 3.8) is 0 Å². The van der Waals surface area contributed by atoms with Gasteiger partial charge in [0.15, 0.2) is 0 Å². The zero-order chi connectivity index (χ0) is 36.3. The second-order valence-electron chi connectivity index (χ2n) is 12.6. The third kappa shape index (κ3) is 7.97. The van der Waals surface area contributed by atoms with Crippen molar-refractivity contribution in [1.82, 2.24) is 0 Å². The highest BCUT2D eigenvalue weighted by Crippen LogP contribution is 2.37. The second-order valence-corrected chi connectivity index (χ2v) is 12.6. The van der Waals surface area contributed by atoms with Crippen molar-refractivity contribution < 1.29 is 0 Å². The predicted molar refractivity (Wildman–Crippen MR) is 227 cm³/mol. The van der Waals surface area contributed by atoms with Crippen LogP contribution < -0.4 is 0 Å². The van der Waals surface area contributed by atoms with Gasteiger partial charge in [0.05, 0.1) is 0 Å². The standard InChI is InChI=1S/C47H40.2C2H6/c1-5-40(41-19-9-6-14-32(41)2)37-26-28-38(29-27-37)47(30-34(4)42-22-12-17-35-15-7-10-20-43(35)42)46-31-39(25-24-33(46)3)45-23-13-18-36-16-8-11-21-44(36)45;2*1-2/h5-31,34H,1-4H3;2*1-2H3/b40-5-,47-30-;;. The highest BCUT2D eigenvalue weighted by Gasteiger charge is 2.16. The molecule has 0 N–H and O–H groups in total. The van der Waals surface area contributed by atoms with Gasteiger partial charge in [0.1, 0.15) is 0 Å². The summed E-state index contributed by atoms with van der Waals surface area (Å²) in [5.74, 6) is 0.203. The fourth-order valence-corrected chi connectivity index (χ4v) is 7.07. The Balaban J connectivity index is 0.00000122.